The molecule has 2 rings (SSSR count). The first-order valence-corrected chi connectivity index (χ1v) is 9.51. The topological polar surface area (TPSA) is 67.4 Å². The highest BCUT2D eigenvalue weighted by molar-refractivity contribution is 9.11. The van der Waals surface area contributed by atoms with E-state index in [0.29, 0.717) is 18.0 Å². The van der Waals surface area contributed by atoms with E-state index in [9.17, 15) is 9.59 Å². The number of hydrogen-bond acceptors (Lipinski definition) is 4. The van der Waals surface area contributed by atoms with E-state index in [1.54, 1.807) is 19.1 Å². The molecule has 2 amide bonds. The lowest BCUT2D eigenvalue weighted by molar-refractivity contribution is -0.122. The molecule has 1 unspecified atom stereocenters. The van der Waals surface area contributed by atoms with Crippen LogP contribution >= 0.6 is 27.3 Å². The molecule has 0 aliphatic carbocycles. The highest BCUT2D eigenvalue weighted by Crippen LogP contribution is 2.21. The average molecular weight is 425 g/mol. The van der Waals surface area contributed by atoms with Crippen molar-refractivity contribution in [2.45, 2.75) is 26.8 Å². The summed E-state index contributed by atoms with van der Waals surface area (Å²) in [5.74, 6) is 0.286. The van der Waals surface area contributed by atoms with Crippen molar-refractivity contribution in [3.05, 3.63) is 50.1 Å². The highest BCUT2D eigenvalue weighted by atomic mass is 79.9. The molecule has 0 saturated heterocycles. The molecule has 134 valence electrons. The molecule has 0 bridgehead atoms. The van der Waals surface area contributed by atoms with E-state index in [4.69, 9.17) is 4.74 Å². The third-order valence-electron chi connectivity index (χ3n) is 3.40. The first-order valence-electron chi connectivity index (χ1n) is 7.90. The normalized spacial score (nSPS) is 11.7. The SMILES string of the molecule is Cc1cc(C)cc(OCCNC(=O)C(C)NC(=O)c2ccc(Br)s2)c1. The monoisotopic (exact) mass is 424 g/mol. The van der Waals surface area contributed by atoms with E-state index in [-0.39, 0.29) is 11.8 Å². The van der Waals surface area contributed by atoms with E-state index >= 15 is 0 Å². The maximum absolute atomic E-state index is 12.0. The summed E-state index contributed by atoms with van der Waals surface area (Å²) in [4.78, 5) is 24.6. The summed E-state index contributed by atoms with van der Waals surface area (Å²) in [6, 6.07) is 8.88. The van der Waals surface area contributed by atoms with Crippen LogP contribution in [0.4, 0.5) is 0 Å². The van der Waals surface area contributed by atoms with Gasteiger partial charge in [-0.05, 0) is 72.1 Å². The fourth-order valence-electron chi connectivity index (χ4n) is 2.28. The summed E-state index contributed by atoms with van der Waals surface area (Å²) >= 11 is 4.63. The molecular formula is C18H21BrN2O3S. The molecule has 2 aromatic rings. The van der Waals surface area contributed by atoms with Crippen LogP contribution in [0.15, 0.2) is 34.1 Å². The van der Waals surface area contributed by atoms with Crippen LogP contribution in [0, 0.1) is 13.8 Å². The molecule has 0 fully saturated rings. The summed E-state index contributed by atoms with van der Waals surface area (Å²) < 4.78 is 6.52. The summed E-state index contributed by atoms with van der Waals surface area (Å²) in [6.45, 7) is 6.42. The Morgan fingerprint density at radius 2 is 1.88 bits per heavy atom. The highest BCUT2D eigenvalue weighted by Gasteiger charge is 2.17. The minimum absolute atomic E-state index is 0.243. The Morgan fingerprint density at radius 1 is 1.20 bits per heavy atom. The number of carbonyl (C=O) groups excluding carboxylic acids is 2. The van der Waals surface area contributed by atoms with Gasteiger partial charge in [-0.2, -0.15) is 0 Å². The van der Waals surface area contributed by atoms with Crippen LogP contribution in [0.25, 0.3) is 0 Å². The molecule has 1 heterocycles. The van der Waals surface area contributed by atoms with Gasteiger partial charge in [-0.3, -0.25) is 9.59 Å². The van der Waals surface area contributed by atoms with Crippen molar-refractivity contribution in [2.75, 3.05) is 13.2 Å². The number of aryl methyl sites for hydroxylation is 2. The number of amides is 2. The Hall–Kier alpha value is -1.86. The Bertz CT molecular complexity index is 740. The van der Waals surface area contributed by atoms with E-state index < -0.39 is 6.04 Å². The van der Waals surface area contributed by atoms with Crippen molar-refractivity contribution >= 4 is 39.1 Å². The van der Waals surface area contributed by atoms with Gasteiger partial charge in [0.05, 0.1) is 15.2 Å². The number of thiophene rings is 1. The fourth-order valence-corrected chi connectivity index (χ4v) is 3.57. The van der Waals surface area contributed by atoms with Crippen LogP contribution in [0.2, 0.25) is 0 Å². The molecule has 1 aromatic carbocycles. The lowest BCUT2D eigenvalue weighted by atomic mass is 10.1. The van der Waals surface area contributed by atoms with Gasteiger partial charge >= 0.3 is 0 Å². The maximum Gasteiger partial charge on any atom is 0.262 e. The number of benzene rings is 1. The zero-order valence-electron chi connectivity index (χ0n) is 14.4. The van der Waals surface area contributed by atoms with Crippen LogP contribution in [-0.4, -0.2) is 31.0 Å². The molecule has 7 heteroatoms. The minimum atomic E-state index is -0.616. The van der Waals surface area contributed by atoms with Crippen molar-refractivity contribution in [2.24, 2.45) is 0 Å². The predicted octanol–water partition coefficient (Wildman–Crippen LogP) is 3.44. The van der Waals surface area contributed by atoms with Gasteiger partial charge in [0.1, 0.15) is 18.4 Å². The van der Waals surface area contributed by atoms with Gasteiger partial charge in [0.15, 0.2) is 0 Å². The Balaban J connectivity index is 1.73. The summed E-state index contributed by atoms with van der Waals surface area (Å²) in [5, 5.41) is 5.44. The predicted molar refractivity (Wildman–Crippen MR) is 103 cm³/mol. The van der Waals surface area contributed by atoms with Gasteiger partial charge in [0, 0.05) is 0 Å². The Kier molecular flexibility index (Phi) is 7.01. The molecule has 2 N–H and O–H groups in total. The fraction of sp³-hybridized carbons (Fsp3) is 0.333. The van der Waals surface area contributed by atoms with E-state index in [1.807, 2.05) is 26.0 Å². The van der Waals surface area contributed by atoms with Gasteiger partial charge in [-0.25, -0.2) is 0 Å². The molecule has 0 saturated carbocycles. The number of rotatable bonds is 7. The van der Waals surface area contributed by atoms with Crippen molar-refractivity contribution in [1.82, 2.24) is 10.6 Å². The first kappa shape index (κ1) is 19.5. The Labute approximate surface area is 159 Å². The third kappa shape index (κ3) is 6.17. The molecule has 0 aliphatic rings. The largest absolute Gasteiger partial charge is 0.492 e. The molecule has 5 nitrogen and oxygen atoms in total. The quantitative estimate of drug-likeness (QED) is 0.668. The third-order valence-corrected chi connectivity index (χ3v) is 5.03. The van der Waals surface area contributed by atoms with Gasteiger partial charge in [-0.1, -0.05) is 6.07 Å². The van der Waals surface area contributed by atoms with Crippen LogP contribution < -0.4 is 15.4 Å². The second-order valence-electron chi connectivity index (χ2n) is 5.76. The lowest BCUT2D eigenvalue weighted by Crippen LogP contribution is -2.45. The number of hydrogen-bond donors (Lipinski definition) is 2. The second kappa shape index (κ2) is 9.01. The first-order chi connectivity index (χ1) is 11.8. The summed E-state index contributed by atoms with van der Waals surface area (Å²) in [5.41, 5.74) is 2.27. The van der Waals surface area contributed by atoms with E-state index in [1.165, 1.54) is 11.3 Å². The molecule has 25 heavy (non-hydrogen) atoms. The molecular weight excluding hydrogens is 404 g/mol. The van der Waals surface area contributed by atoms with Gasteiger partial charge in [0.25, 0.3) is 5.91 Å². The maximum atomic E-state index is 12.0. The summed E-state index contributed by atoms with van der Waals surface area (Å²) in [7, 11) is 0. The lowest BCUT2D eigenvalue weighted by Gasteiger charge is -2.14. The molecule has 0 aliphatic heterocycles. The molecule has 0 spiro atoms. The number of ether oxygens (including phenoxy) is 1. The van der Waals surface area contributed by atoms with Gasteiger partial charge in [-0.15, -0.1) is 11.3 Å². The van der Waals surface area contributed by atoms with E-state index in [2.05, 4.69) is 32.6 Å². The average Bonchev–Trinajstić information content (AvgIpc) is 2.97. The van der Waals surface area contributed by atoms with Crippen molar-refractivity contribution < 1.29 is 14.3 Å². The Morgan fingerprint density at radius 3 is 2.48 bits per heavy atom. The number of carbonyl (C=O) groups is 2. The smallest absolute Gasteiger partial charge is 0.262 e. The molecule has 1 aromatic heterocycles. The van der Waals surface area contributed by atoms with Crippen LogP contribution in [0.5, 0.6) is 5.75 Å². The van der Waals surface area contributed by atoms with Crippen molar-refractivity contribution in [3.8, 4) is 5.75 Å². The van der Waals surface area contributed by atoms with Crippen molar-refractivity contribution in [1.29, 1.82) is 0 Å². The number of halogens is 1. The standard InChI is InChI=1S/C18H21BrN2O3S/c1-11-8-12(2)10-14(9-11)24-7-6-20-17(22)13(3)21-18(23)15-4-5-16(19)25-15/h4-5,8-10,13H,6-7H2,1-3H3,(H,20,22)(H,21,23). The minimum Gasteiger partial charge on any atom is -0.492 e. The van der Waals surface area contributed by atoms with Gasteiger partial charge in [0.2, 0.25) is 5.91 Å². The molecule has 0 radical (unpaired) electrons. The zero-order chi connectivity index (χ0) is 18.4. The van der Waals surface area contributed by atoms with E-state index in [0.717, 1.165) is 20.7 Å². The van der Waals surface area contributed by atoms with Crippen LogP contribution in [0.3, 0.4) is 0 Å². The second-order valence-corrected chi connectivity index (χ2v) is 8.22. The van der Waals surface area contributed by atoms with Crippen LogP contribution in [0.1, 0.15) is 27.7 Å². The summed E-state index contributed by atoms with van der Waals surface area (Å²) in [6.07, 6.45) is 0. The molecule has 1 atom stereocenters. The number of nitrogens with one attached hydrogen (secondary N) is 2. The van der Waals surface area contributed by atoms with Crippen molar-refractivity contribution in [3.63, 3.8) is 0 Å². The van der Waals surface area contributed by atoms with Crippen LogP contribution in [-0.2, 0) is 4.79 Å². The van der Waals surface area contributed by atoms with Gasteiger partial charge < -0.3 is 15.4 Å². The zero-order valence-corrected chi connectivity index (χ0v) is 16.8.